The second kappa shape index (κ2) is 9.72. The minimum atomic E-state index is -3.82. The number of ether oxygens (including phenoxy) is 2. The molecule has 4 fully saturated rings. The monoisotopic (exact) mass is 521 g/mol. The van der Waals surface area contributed by atoms with Gasteiger partial charge in [0.15, 0.2) is 0 Å². The van der Waals surface area contributed by atoms with Crippen molar-refractivity contribution in [1.29, 1.82) is 0 Å². The van der Waals surface area contributed by atoms with Crippen LogP contribution in [-0.2, 0) is 35.2 Å². The molecule has 5 rings (SSSR count). The quantitative estimate of drug-likeness (QED) is 0.306. The lowest BCUT2D eigenvalue weighted by molar-refractivity contribution is -0.161. The van der Waals surface area contributed by atoms with Crippen LogP contribution in [0.25, 0.3) is 0 Å². The van der Waals surface area contributed by atoms with Gasteiger partial charge in [0.2, 0.25) is 0 Å². The first kappa shape index (κ1) is 27.1. The van der Waals surface area contributed by atoms with Gasteiger partial charge in [-0.05, 0) is 79.4 Å². The topological polar surface area (TPSA) is 122 Å². The highest BCUT2D eigenvalue weighted by atomic mass is 32.2. The Labute approximate surface area is 214 Å². The summed E-state index contributed by atoms with van der Waals surface area (Å²) in [4.78, 5) is 25.1. The Morgan fingerprint density at radius 2 is 1.64 bits per heavy atom. The maximum absolute atomic E-state index is 13.5. The molecular weight excluding hydrogens is 482 g/mol. The number of rotatable bonds is 8. The van der Waals surface area contributed by atoms with Gasteiger partial charge in [-0.15, -0.1) is 0 Å². The first-order chi connectivity index (χ1) is 16.6. The van der Waals surface area contributed by atoms with E-state index in [4.69, 9.17) is 19.4 Å². The predicted molar refractivity (Wildman–Crippen MR) is 134 cm³/mol. The number of carbonyl (C=O) groups is 2. The lowest BCUT2D eigenvalue weighted by atomic mass is 9.49. The lowest BCUT2D eigenvalue weighted by Gasteiger charge is -2.55. The van der Waals surface area contributed by atoms with E-state index < -0.39 is 39.1 Å². The molecular formula is C27H39NO7S. The van der Waals surface area contributed by atoms with E-state index in [9.17, 15) is 18.0 Å². The standard InChI is InChI=1S/C27H39NO7S/c1-16(29)33-15-21-11-20(23(35-36(5,31)32)24(28)26(2,3)4)6-7-22(21)34-25(30)27-12-17-8-18(13-27)10-19(9-17)14-27/h6-7,11,17-19,23-24H,8-10,12-15,28H2,1-5H3. The van der Waals surface area contributed by atoms with Crippen molar-refractivity contribution in [2.24, 2.45) is 34.3 Å². The Bertz CT molecular complexity index is 1090. The van der Waals surface area contributed by atoms with Gasteiger partial charge in [0.25, 0.3) is 10.1 Å². The fourth-order valence-corrected chi connectivity index (χ4v) is 7.31. The molecule has 0 radical (unpaired) electrons. The summed E-state index contributed by atoms with van der Waals surface area (Å²) in [7, 11) is -3.82. The zero-order chi connectivity index (χ0) is 26.5. The Kier molecular flexibility index (Phi) is 7.31. The molecule has 0 saturated heterocycles. The molecule has 36 heavy (non-hydrogen) atoms. The summed E-state index contributed by atoms with van der Waals surface area (Å²) in [5.74, 6) is 1.41. The summed E-state index contributed by atoms with van der Waals surface area (Å²) >= 11 is 0. The van der Waals surface area contributed by atoms with Crippen LogP contribution in [0.4, 0.5) is 0 Å². The third kappa shape index (κ3) is 5.94. The van der Waals surface area contributed by atoms with Crippen LogP contribution in [0.3, 0.4) is 0 Å². The SMILES string of the molecule is CC(=O)OCc1cc(C(OS(C)(=O)=O)C(N)C(C)(C)C)ccc1OC(=O)C12CC3CC(CC(C3)C1)C2. The number of nitrogens with two attached hydrogens (primary N) is 1. The summed E-state index contributed by atoms with van der Waals surface area (Å²) in [5, 5.41) is 0. The molecule has 2 unspecified atom stereocenters. The third-order valence-electron chi connectivity index (χ3n) is 8.12. The fourth-order valence-electron chi connectivity index (χ4n) is 6.70. The maximum atomic E-state index is 13.5. The molecule has 1 aromatic rings. The molecule has 8 nitrogen and oxygen atoms in total. The number of esters is 2. The Balaban J connectivity index is 1.64. The molecule has 4 aliphatic carbocycles. The smallest absolute Gasteiger partial charge is 0.317 e. The molecule has 0 heterocycles. The van der Waals surface area contributed by atoms with E-state index >= 15 is 0 Å². The molecule has 2 N–H and O–H groups in total. The van der Waals surface area contributed by atoms with Gasteiger partial charge < -0.3 is 15.2 Å². The predicted octanol–water partition coefficient (Wildman–Crippen LogP) is 4.26. The van der Waals surface area contributed by atoms with E-state index in [1.165, 1.54) is 26.2 Å². The van der Waals surface area contributed by atoms with Crippen molar-refractivity contribution in [3.8, 4) is 5.75 Å². The normalized spacial score (nSPS) is 29.0. The summed E-state index contributed by atoms with van der Waals surface area (Å²) in [6, 6.07) is 4.29. The number of hydrogen-bond donors (Lipinski definition) is 1. The molecule has 1 aromatic carbocycles. The van der Waals surface area contributed by atoms with Gasteiger partial charge in [0.05, 0.1) is 11.7 Å². The van der Waals surface area contributed by atoms with Crippen LogP contribution in [-0.4, -0.2) is 32.7 Å². The van der Waals surface area contributed by atoms with Gasteiger partial charge in [-0.1, -0.05) is 26.8 Å². The number of hydrogen-bond acceptors (Lipinski definition) is 8. The number of benzene rings is 1. The third-order valence-corrected chi connectivity index (χ3v) is 8.68. The average Bonchev–Trinajstić information content (AvgIpc) is 2.74. The highest BCUT2D eigenvalue weighted by molar-refractivity contribution is 7.86. The van der Waals surface area contributed by atoms with E-state index in [0.717, 1.165) is 25.5 Å². The molecule has 9 heteroatoms. The van der Waals surface area contributed by atoms with Crippen molar-refractivity contribution < 1.29 is 31.7 Å². The molecule has 0 aromatic heterocycles. The lowest BCUT2D eigenvalue weighted by Crippen LogP contribution is -2.51. The second-order valence-electron chi connectivity index (χ2n) is 12.3. The largest absolute Gasteiger partial charge is 0.461 e. The first-order valence-electron chi connectivity index (χ1n) is 12.8. The van der Waals surface area contributed by atoms with Crippen LogP contribution < -0.4 is 10.5 Å². The van der Waals surface area contributed by atoms with E-state index in [0.29, 0.717) is 34.6 Å². The number of carbonyl (C=O) groups excluding carboxylic acids is 2. The Hall–Kier alpha value is -1.97. The molecule has 200 valence electrons. The van der Waals surface area contributed by atoms with Crippen LogP contribution in [0.5, 0.6) is 5.75 Å². The van der Waals surface area contributed by atoms with E-state index in [2.05, 4.69) is 0 Å². The van der Waals surface area contributed by atoms with E-state index in [-0.39, 0.29) is 12.6 Å². The van der Waals surface area contributed by atoms with Gasteiger partial charge in [0, 0.05) is 18.5 Å². The summed E-state index contributed by atoms with van der Waals surface area (Å²) in [5.41, 5.74) is 6.49. The van der Waals surface area contributed by atoms with Gasteiger partial charge >= 0.3 is 11.9 Å². The maximum Gasteiger partial charge on any atom is 0.317 e. The first-order valence-corrected chi connectivity index (χ1v) is 14.6. The second-order valence-corrected chi connectivity index (χ2v) is 13.9. The van der Waals surface area contributed by atoms with Gasteiger partial charge in [-0.3, -0.25) is 13.8 Å². The molecule has 2 atom stereocenters. The summed E-state index contributed by atoms with van der Waals surface area (Å²) in [6.45, 7) is 6.88. The molecule has 0 spiro atoms. The van der Waals surface area contributed by atoms with Gasteiger partial charge in [-0.25, -0.2) is 0 Å². The molecule has 0 amide bonds. The van der Waals surface area contributed by atoms with Crippen LogP contribution in [0.2, 0.25) is 0 Å². The van der Waals surface area contributed by atoms with Gasteiger partial charge in [0.1, 0.15) is 18.5 Å². The van der Waals surface area contributed by atoms with E-state index in [1.807, 2.05) is 20.8 Å². The highest BCUT2D eigenvalue weighted by Gasteiger charge is 2.55. The minimum Gasteiger partial charge on any atom is -0.461 e. The summed E-state index contributed by atoms with van der Waals surface area (Å²) in [6.07, 6.45) is 6.29. The zero-order valence-corrected chi connectivity index (χ0v) is 22.7. The average molecular weight is 522 g/mol. The van der Waals surface area contributed by atoms with E-state index in [1.54, 1.807) is 18.2 Å². The summed E-state index contributed by atoms with van der Waals surface area (Å²) < 4.78 is 40.8. The van der Waals surface area contributed by atoms with Crippen LogP contribution in [0.15, 0.2) is 18.2 Å². The van der Waals surface area contributed by atoms with Crippen molar-refractivity contribution in [3.63, 3.8) is 0 Å². The fraction of sp³-hybridized carbons (Fsp3) is 0.704. The van der Waals surface area contributed by atoms with Crippen LogP contribution >= 0.6 is 0 Å². The van der Waals surface area contributed by atoms with Crippen molar-refractivity contribution >= 4 is 22.1 Å². The van der Waals surface area contributed by atoms with Crippen molar-refractivity contribution in [2.45, 2.75) is 85.0 Å². The van der Waals surface area contributed by atoms with Crippen molar-refractivity contribution in [1.82, 2.24) is 0 Å². The van der Waals surface area contributed by atoms with Crippen LogP contribution in [0.1, 0.15) is 83.5 Å². The van der Waals surface area contributed by atoms with Crippen LogP contribution in [0, 0.1) is 28.6 Å². The Morgan fingerprint density at radius 3 is 2.11 bits per heavy atom. The minimum absolute atomic E-state index is 0.122. The van der Waals surface area contributed by atoms with Crippen molar-refractivity contribution in [2.75, 3.05) is 6.26 Å². The van der Waals surface area contributed by atoms with Crippen molar-refractivity contribution in [3.05, 3.63) is 29.3 Å². The van der Waals surface area contributed by atoms with Gasteiger partial charge in [-0.2, -0.15) is 8.42 Å². The molecule has 4 bridgehead atoms. The Morgan fingerprint density at radius 1 is 1.08 bits per heavy atom. The zero-order valence-electron chi connectivity index (χ0n) is 21.9. The molecule has 0 aliphatic heterocycles. The molecule has 4 aliphatic rings. The highest BCUT2D eigenvalue weighted by Crippen LogP contribution is 2.60. The molecule has 4 saturated carbocycles.